The number of hydrogen-bond donors (Lipinski definition) is 0. The molecule has 2 heterocycles. The molecule has 0 aliphatic carbocycles. The van der Waals surface area contributed by atoms with Crippen LogP contribution >= 0.6 is 27.5 Å². The molecular formula is C15H20BrClN2. The molecule has 2 saturated heterocycles. The molecule has 0 amide bonds. The Balaban J connectivity index is 1.78. The molecular weight excluding hydrogens is 324 g/mol. The van der Waals surface area contributed by atoms with Gasteiger partial charge in [-0.2, -0.15) is 0 Å². The van der Waals surface area contributed by atoms with Crippen molar-refractivity contribution in [2.24, 2.45) is 0 Å². The number of nitrogens with zero attached hydrogens (tertiary/aromatic N) is 2. The molecule has 1 atom stereocenters. The molecule has 0 radical (unpaired) electrons. The van der Waals surface area contributed by atoms with E-state index < -0.39 is 0 Å². The van der Waals surface area contributed by atoms with Crippen molar-refractivity contribution < 1.29 is 0 Å². The fourth-order valence-corrected chi connectivity index (χ4v) is 3.71. The first-order chi connectivity index (χ1) is 9.24. The molecule has 0 N–H and O–H groups in total. The second-order valence-corrected chi connectivity index (χ2v) is 6.85. The second-order valence-electron chi connectivity index (χ2n) is 5.58. The molecule has 3 rings (SSSR count). The van der Waals surface area contributed by atoms with Gasteiger partial charge >= 0.3 is 0 Å². The first kappa shape index (κ1) is 13.7. The first-order valence-corrected chi connectivity index (χ1v) is 8.35. The maximum Gasteiger partial charge on any atom is 0.0568 e. The molecule has 0 bridgehead atoms. The van der Waals surface area contributed by atoms with E-state index in [0.29, 0.717) is 0 Å². The Morgan fingerprint density at radius 3 is 2.79 bits per heavy atom. The summed E-state index contributed by atoms with van der Waals surface area (Å²) < 4.78 is 0.979. The van der Waals surface area contributed by atoms with Gasteiger partial charge in [0.2, 0.25) is 0 Å². The molecule has 0 spiro atoms. The van der Waals surface area contributed by atoms with E-state index >= 15 is 0 Å². The van der Waals surface area contributed by atoms with Gasteiger partial charge in [-0.1, -0.05) is 18.0 Å². The Labute approximate surface area is 128 Å². The van der Waals surface area contributed by atoms with Crippen molar-refractivity contribution in [2.45, 2.75) is 31.7 Å². The minimum Gasteiger partial charge on any atom is -0.370 e. The minimum absolute atomic E-state index is 0.735. The van der Waals surface area contributed by atoms with Gasteiger partial charge in [0.05, 0.1) is 5.02 Å². The van der Waals surface area contributed by atoms with E-state index in [1.54, 1.807) is 0 Å². The van der Waals surface area contributed by atoms with Crippen molar-refractivity contribution in [1.82, 2.24) is 4.90 Å². The molecule has 104 valence electrons. The quantitative estimate of drug-likeness (QED) is 0.755. The molecule has 1 aromatic carbocycles. The van der Waals surface area contributed by atoms with E-state index in [1.807, 2.05) is 0 Å². The lowest BCUT2D eigenvalue weighted by molar-refractivity contribution is 0.162. The predicted octanol–water partition coefficient (Wildman–Crippen LogP) is 4.17. The third-order valence-electron chi connectivity index (χ3n) is 4.32. The van der Waals surface area contributed by atoms with Crippen LogP contribution in [0.1, 0.15) is 25.7 Å². The summed E-state index contributed by atoms with van der Waals surface area (Å²) in [7, 11) is 0. The molecule has 19 heavy (non-hydrogen) atoms. The molecule has 2 aliphatic rings. The van der Waals surface area contributed by atoms with Crippen molar-refractivity contribution in [2.75, 3.05) is 31.1 Å². The molecule has 0 aromatic heterocycles. The molecule has 1 unspecified atom stereocenters. The Kier molecular flexibility index (Phi) is 4.35. The van der Waals surface area contributed by atoms with Gasteiger partial charge in [-0.05, 0) is 59.9 Å². The summed E-state index contributed by atoms with van der Waals surface area (Å²) in [5.74, 6) is 0. The number of rotatable bonds is 1. The van der Waals surface area contributed by atoms with E-state index in [1.165, 1.54) is 44.5 Å². The number of anilines is 1. The predicted molar refractivity (Wildman–Crippen MR) is 85.2 cm³/mol. The van der Waals surface area contributed by atoms with Crippen LogP contribution in [0.15, 0.2) is 22.7 Å². The van der Waals surface area contributed by atoms with Crippen LogP contribution in [0.2, 0.25) is 5.02 Å². The fraction of sp³-hybridized carbons (Fsp3) is 0.600. The van der Waals surface area contributed by atoms with Crippen LogP contribution < -0.4 is 4.90 Å². The minimum atomic E-state index is 0.735. The van der Waals surface area contributed by atoms with Crippen LogP contribution in [0.25, 0.3) is 0 Å². The van der Waals surface area contributed by atoms with Crippen LogP contribution in [0.3, 0.4) is 0 Å². The van der Waals surface area contributed by atoms with Crippen molar-refractivity contribution in [3.63, 3.8) is 0 Å². The van der Waals surface area contributed by atoms with E-state index in [4.69, 9.17) is 11.6 Å². The van der Waals surface area contributed by atoms with Crippen molar-refractivity contribution >= 4 is 33.2 Å². The van der Waals surface area contributed by atoms with Gasteiger partial charge in [-0.15, -0.1) is 0 Å². The zero-order valence-corrected chi connectivity index (χ0v) is 13.5. The third-order valence-corrected chi connectivity index (χ3v) is 5.55. The fourth-order valence-electron chi connectivity index (χ4n) is 3.29. The highest BCUT2D eigenvalue weighted by atomic mass is 79.9. The van der Waals surface area contributed by atoms with Crippen molar-refractivity contribution in [1.29, 1.82) is 0 Å². The smallest absolute Gasteiger partial charge is 0.0568 e. The summed E-state index contributed by atoms with van der Waals surface area (Å²) in [5, 5.41) is 0.808. The second kappa shape index (κ2) is 6.02. The average Bonchev–Trinajstić information content (AvgIpc) is 2.64. The largest absolute Gasteiger partial charge is 0.370 e. The van der Waals surface area contributed by atoms with Gasteiger partial charge in [-0.3, -0.25) is 4.90 Å². The molecule has 2 fully saturated rings. The average molecular weight is 344 g/mol. The number of fused-ring (bicyclic) bond motifs is 1. The number of halogens is 2. The van der Waals surface area contributed by atoms with Gasteiger partial charge in [0.25, 0.3) is 0 Å². The Bertz CT molecular complexity index is 452. The lowest BCUT2D eigenvalue weighted by atomic mass is 10.0. The lowest BCUT2D eigenvalue weighted by Crippen LogP contribution is -2.44. The van der Waals surface area contributed by atoms with Crippen molar-refractivity contribution in [3.05, 3.63) is 27.7 Å². The summed E-state index contributed by atoms with van der Waals surface area (Å²) in [6.07, 6.45) is 5.36. The number of hydrogen-bond acceptors (Lipinski definition) is 2. The molecule has 2 aliphatic heterocycles. The van der Waals surface area contributed by atoms with Gasteiger partial charge < -0.3 is 4.90 Å². The van der Waals surface area contributed by atoms with E-state index in [-0.39, 0.29) is 0 Å². The zero-order chi connectivity index (χ0) is 13.2. The van der Waals surface area contributed by atoms with E-state index in [2.05, 4.69) is 43.9 Å². The Morgan fingerprint density at radius 2 is 1.95 bits per heavy atom. The number of piperidine rings is 1. The van der Waals surface area contributed by atoms with Gasteiger partial charge in [-0.25, -0.2) is 0 Å². The molecule has 1 aromatic rings. The summed E-state index contributed by atoms with van der Waals surface area (Å²) in [6, 6.07) is 7.05. The standard InChI is InChI=1S/C15H20BrClN2/c16-14-6-5-12(10-15(14)17)19-9-3-8-18-7-2-1-4-13(18)11-19/h5-6,10,13H,1-4,7-9,11H2. The normalized spacial score (nSPS) is 24.9. The first-order valence-electron chi connectivity index (χ1n) is 7.18. The highest BCUT2D eigenvalue weighted by Crippen LogP contribution is 2.30. The lowest BCUT2D eigenvalue weighted by Gasteiger charge is -2.35. The maximum absolute atomic E-state index is 6.23. The van der Waals surface area contributed by atoms with Gasteiger partial charge in [0, 0.05) is 35.8 Å². The summed E-state index contributed by atoms with van der Waals surface area (Å²) in [4.78, 5) is 5.19. The van der Waals surface area contributed by atoms with Crippen LogP contribution in [0, 0.1) is 0 Å². The molecule has 2 nitrogen and oxygen atoms in total. The molecule has 0 saturated carbocycles. The third kappa shape index (κ3) is 3.09. The Hall–Kier alpha value is -0.250. The number of benzene rings is 1. The van der Waals surface area contributed by atoms with E-state index in [0.717, 1.165) is 28.6 Å². The SMILES string of the molecule is Clc1cc(N2CCCN3CCCCC3C2)ccc1Br. The Morgan fingerprint density at radius 1 is 1.11 bits per heavy atom. The highest BCUT2D eigenvalue weighted by Gasteiger charge is 2.27. The van der Waals surface area contributed by atoms with Crippen LogP contribution in [-0.2, 0) is 0 Å². The van der Waals surface area contributed by atoms with Crippen LogP contribution in [-0.4, -0.2) is 37.1 Å². The van der Waals surface area contributed by atoms with Gasteiger partial charge in [0.15, 0.2) is 0 Å². The summed E-state index contributed by atoms with van der Waals surface area (Å²) in [6.45, 7) is 4.84. The highest BCUT2D eigenvalue weighted by molar-refractivity contribution is 9.10. The zero-order valence-electron chi connectivity index (χ0n) is 11.1. The van der Waals surface area contributed by atoms with E-state index in [9.17, 15) is 0 Å². The maximum atomic E-state index is 6.23. The van der Waals surface area contributed by atoms with Crippen LogP contribution in [0.4, 0.5) is 5.69 Å². The summed E-state index contributed by atoms with van der Waals surface area (Å²) >= 11 is 9.69. The monoisotopic (exact) mass is 342 g/mol. The van der Waals surface area contributed by atoms with Gasteiger partial charge in [0.1, 0.15) is 0 Å². The van der Waals surface area contributed by atoms with Crippen molar-refractivity contribution in [3.8, 4) is 0 Å². The molecule has 4 heteroatoms. The summed E-state index contributed by atoms with van der Waals surface area (Å²) in [5.41, 5.74) is 1.26. The topological polar surface area (TPSA) is 6.48 Å². The van der Waals surface area contributed by atoms with Crippen LogP contribution in [0.5, 0.6) is 0 Å².